The maximum atomic E-state index is 6.00. The number of nitrogens with zero attached hydrogens (tertiary/aromatic N) is 18. The Bertz CT molecular complexity index is 6490. The molecule has 0 unspecified atom stereocenters. The minimum atomic E-state index is 0.870. The lowest BCUT2D eigenvalue weighted by Crippen LogP contribution is -2.33. The van der Waals surface area contributed by atoms with Crippen LogP contribution < -0.4 is 22.8 Å². The SMILES string of the molecule is CC.CC.CC.CC.CC.CC.CC.CC.CC.CC.CC.CC.CC.Cc1c(C)c(C)c2c(c1C)c1ccnc(C)c1c1c2n(C)c(C)[n+]1C.Cc1cc2c(cc1-c1nn(C)c(C)[n+]1C)oc1ccccc12.Cc1cc2c(cc1-c1nn(C)c(C)[n+]1C)sc1ccccc12.Cc1cc2c3ccccc3n(C)c2cc1-c1nn(C)c(C)[n+]1C.Cc1cncnc1-c1nn(C)c(C)[n+]1C. The molecular formula is C113H175N18OS+5. The van der Waals surface area contributed by atoms with Gasteiger partial charge in [0.25, 0.3) is 5.82 Å². The molecule has 0 bridgehead atoms. The number of pyridine rings is 1. The van der Waals surface area contributed by atoms with Crippen molar-refractivity contribution in [3.8, 4) is 45.7 Å². The van der Waals surface area contributed by atoms with E-state index in [1.807, 2.05) is 295 Å². The summed E-state index contributed by atoms with van der Waals surface area (Å²) in [7, 11) is 22.5. The van der Waals surface area contributed by atoms with Crippen molar-refractivity contribution in [2.24, 2.45) is 77.5 Å². The van der Waals surface area contributed by atoms with E-state index in [9.17, 15) is 0 Å². The van der Waals surface area contributed by atoms with Crippen LogP contribution >= 0.6 is 11.3 Å². The lowest BCUT2D eigenvalue weighted by atomic mass is 9.87. The van der Waals surface area contributed by atoms with Gasteiger partial charge in [0.05, 0.1) is 92.6 Å². The number of imidazole rings is 1. The van der Waals surface area contributed by atoms with Crippen molar-refractivity contribution in [3.63, 3.8) is 0 Å². The van der Waals surface area contributed by atoms with Gasteiger partial charge < -0.3 is 8.98 Å². The molecule has 0 aliphatic carbocycles. The summed E-state index contributed by atoms with van der Waals surface area (Å²) >= 11 is 1.85. The van der Waals surface area contributed by atoms with Crippen molar-refractivity contribution in [2.75, 3.05) is 0 Å². The molecule has 18 rings (SSSR count). The molecule has 0 saturated heterocycles. The van der Waals surface area contributed by atoms with Crippen LogP contribution in [0.1, 0.15) is 259 Å². The highest BCUT2D eigenvalue weighted by Gasteiger charge is 2.30. The molecule has 724 valence electrons. The normalized spacial score (nSPS) is 9.92. The highest BCUT2D eigenvalue weighted by molar-refractivity contribution is 7.25. The van der Waals surface area contributed by atoms with Crippen LogP contribution in [0.4, 0.5) is 0 Å². The zero-order valence-electron chi connectivity index (χ0n) is 92.6. The Balaban J connectivity index is 0.000000785. The summed E-state index contributed by atoms with van der Waals surface area (Å²) in [6.45, 7) is 82.0. The van der Waals surface area contributed by atoms with Crippen molar-refractivity contribution in [2.45, 2.75) is 277 Å². The highest BCUT2D eigenvalue weighted by Crippen LogP contribution is 2.43. The number of rotatable bonds is 4. The fourth-order valence-electron chi connectivity index (χ4n) is 15.4. The molecule has 19 nitrogen and oxygen atoms in total. The Morgan fingerprint density at radius 1 is 0.301 bits per heavy atom. The predicted octanol–water partition coefficient (Wildman–Crippen LogP) is 28.7. The van der Waals surface area contributed by atoms with E-state index >= 15 is 0 Å². The third-order valence-corrected chi connectivity index (χ3v) is 24.2. The van der Waals surface area contributed by atoms with E-state index in [4.69, 9.17) is 9.52 Å². The fraction of sp³-hybridized carbons (Fsp3) is 0.451. The lowest BCUT2D eigenvalue weighted by Gasteiger charge is -2.17. The second-order valence-electron chi connectivity index (χ2n) is 29.0. The summed E-state index contributed by atoms with van der Waals surface area (Å²) < 4.78 is 31.6. The van der Waals surface area contributed by atoms with Crippen LogP contribution in [0.15, 0.2) is 138 Å². The van der Waals surface area contributed by atoms with Crippen LogP contribution in [0.3, 0.4) is 0 Å². The molecule has 0 fully saturated rings. The minimum absolute atomic E-state index is 0.870. The number of thiophene rings is 1. The van der Waals surface area contributed by atoms with Crippen molar-refractivity contribution < 1.29 is 27.3 Å². The quantitative estimate of drug-likeness (QED) is 0.125. The van der Waals surface area contributed by atoms with Crippen molar-refractivity contribution in [1.29, 1.82) is 0 Å². The van der Waals surface area contributed by atoms with E-state index in [1.165, 1.54) is 130 Å². The number of fused-ring (bicyclic) bond motifs is 15. The van der Waals surface area contributed by atoms with Gasteiger partial charge in [-0.25, -0.2) is 37.4 Å². The minimum Gasteiger partial charge on any atom is -0.456 e. The second kappa shape index (κ2) is 57.7. The molecule has 0 spiro atoms. The molecule has 0 aliphatic rings. The van der Waals surface area contributed by atoms with E-state index in [1.54, 1.807) is 12.5 Å². The zero-order chi connectivity index (χ0) is 102. The predicted molar refractivity (Wildman–Crippen MR) is 580 cm³/mol. The fourth-order valence-corrected chi connectivity index (χ4v) is 16.5. The first-order valence-corrected chi connectivity index (χ1v) is 50.1. The summed E-state index contributed by atoms with van der Waals surface area (Å²) in [6.07, 6.45) is 5.29. The maximum Gasteiger partial charge on any atom is 0.327 e. The number of para-hydroxylation sites is 2. The Morgan fingerprint density at radius 2 is 0.699 bits per heavy atom. The summed E-state index contributed by atoms with van der Waals surface area (Å²) in [4.78, 5) is 12.8. The van der Waals surface area contributed by atoms with E-state index in [0.717, 1.165) is 91.0 Å². The number of hydrogen-bond acceptors (Lipinski definition) is 9. The van der Waals surface area contributed by atoms with Gasteiger partial charge in [0, 0.05) is 144 Å². The van der Waals surface area contributed by atoms with Crippen molar-refractivity contribution in [3.05, 3.63) is 213 Å². The summed E-state index contributed by atoms with van der Waals surface area (Å²) in [5, 5.41) is 31.5. The number of benzene rings is 8. The molecular weight excluding hydrogens is 1660 g/mol. The van der Waals surface area contributed by atoms with Crippen molar-refractivity contribution in [1.82, 2.24) is 63.2 Å². The van der Waals surface area contributed by atoms with Crippen LogP contribution in [-0.4, -0.2) is 63.2 Å². The van der Waals surface area contributed by atoms with E-state index in [2.05, 4.69) is 273 Å². The van der Waals surface area contributed by atoms with E-state index in [-0.39, 0.29) is 0 Å². The molecule has 0 radical (unpaired) electrons. The highest BCUT2D eigenvalue weighted by atomic mass is 32.1. The lowest BCUT2D eigenvalue weighted by molar-refractivity contribution is -0.667. The van der Waals surface area contributed by atoms with Crippen LogP contribution in [0.5, 0.6) is 0 Å². The molecule has 10 heterocycles. The number of aryl methyl sites for hydroxylation is 14. The molecule has 0 aliphatic heterocycles. The molecule has 0 saturated carbocycles. The summed E-state index contributed by atoms with van der Waals surface area (Å²) in [5.41, 5.74) is 22.8. The van der Waals surface area contributed by atoms with Crippen molar-refractivity contribution >= 4 is 108 Å². The van der Waals surface area contributed by atoms with Gasteiger partial charge in [0.15, 0.2) is 11.0 Å². The monoisotopic (exact) mass is 1830 g/mol. The topological polar surface area (TPSA) is 152 Å². The second-order valence-corrected chi connectivity index (χ2v) is 30.1. The van der Waals surface area contributed by atoms with Gasteiger partial charge in [-0.15, -0.1) is 30.1 Å². The molecule has 0 amide bonds. The first kappa shape index (κ1) is 119. The third kappa shape index (κ3) is 25.3. The standard InChI is InChI=1S/C22H26N3.C19H21N4.C18H18N3O.C18H18N3S.C10H14N5.13C2H6/c1-11-12(2)14(4)19-18(13(11)3)17-9-10-23-15(5)20(17)22-21(19)24(7)16(6)25(22)8;1-12-10-16-14-8-6-7-9-17(14)22(4)18(16)11-15(12)19-20-23(5)13(2)21(19)3;2*1-11-9-15-13-7-5-6-8-16(13)22-17(15)10-14(11)18-19-21(4)12(2)20(18)3;1-7-5-11-6-12-9(7)10-13-15(4)8(2)14(10)3;13*1-2/h9-10H,1-8H3;6-11H,1-5H3;2*5-10H,1-4H3;5-6H,1-4H3;13*1-2H3/q5*+1;;;;;;;;;;;;;. The van der Waals surface area contributed by atoms with Gasteiger partial charge in [-0.05, 0) is 173 Å². The Hall–Kier alpha value is -11.6. The maximum absolute atomic E-state index is 6.00. The molecule has 133 heavy (non-hydrogen) atoms. The van der Waals surface area contributed by atoms with Crippen LogP contribution in [0.25, 0.3) is 142 Å². The van der Waals surface area contributed by atoms with Gasteiger partial charge in [-0.1, -0.05) is 235 Å². The number of aromatic nitrogens is 18. The average Bonchev–Trinajstić information content (AvgIpc) is 1.58. The molecule has 18 aromatic rings. The third-order valence-electron chi connectivity index (χ3n) is 23.0. The largest absolute Gasteiger partial charge is 0.456 e. The Labute approximate surface area is 806 Å². The van der Waals surface area contributed by atoms with E-state index in [0.29, 0.717) is 0 Å². The molecule has 0 N–H and O–H groups in total. The van der Waals surface area contributed by atoms with Crippen LogP contribution in [0.2, 0.25) is 0 Å². The number of furan rings is 1. The molecule has 10 aromatic heterocycles. The molecule has 0 atom stereocenters. The first-order valence-electron chi connectivity index (χ1n) is 49.3. The van der Waals surface area contributed by atoms with Gasteiger partial charge >= 0.3 is 23.3 Å². The van der Waals surface area contributed by atoms with Gasteiger partial charge in [0.2, 0.25) is 23.3 Å². The van der Waals surface area contributed by atoms with E-state index < -0.39 is 0 Å². The van der Waals surface area contributed by atoms with Gasteiger partial charge in [0.1, 0.15) is 23.2 Å². The molecule has 20 heteroatoms. The van der Waals surface area contributed by atoms with Crippen LogP contribution in [0, 0.1) is 96.9 Å². The first-order chi connectivity index (χ1) is 64.0. The average molecular weight is 1830 g/mol. The van der Waals surface area contributed by atoms with Crippen LogP contribution in [-0.2, 0) is 77.5 Å². The number of hydrogen-bond donors (Lipinski definition) is 0. The zero-order valence-corrected chi connectivity index (χ0v) is 93.4. The summed E-state index contributed by atoms with van der Waals surface area (Å²) in [5.74, 6) is 9.59. The Morgan fingerprint density at radius 3 is 1.16 bits per heavy atom. The smallest absolute Gasteiger partial charge is 0.327 e. The summed E-state index contributed by atoms with van der Waals surface area (Å²) in [6, 6.07) is 41.0. The van der Waals surface area contributed by atoms with Gasteiger partial charge in [-0.3, -0.25) is 4.98 Å². The van der Waals surface area contributed by atoms with Gasteiger partial charge in [-0.2, -0.15) is 0 Å². The molecule has 8 aromatic carbocycles. The Kier molecular flexibility index (Phi) is 51.8.